The van der Waals surface area contributed by atoms with Gasteiger partial charge < -0.3 is 23.9 Å². The summed E-state index contributed by atoms with van der Waals surface area (Å²) >= 11 is 6.31. The fraction of sp³-hybridized carbons (Fsp3) is 0.357. The third-order valence-corrected chi connectivity index (χ3v) is 7.29. The monoisotopic (exact) mass is 509 g/mol. The van der Waals surface area contributed by atoms with Crippen molar-refractivity contribution in [3.8, 4) is 28.1 Å². The first kappa shape index (κ1) is 24.6. The molecule has 3 aromatic rings. The number of carboxylic acids is 1. The molecule has 1 fully saturated rings. The van der Waals surface area contributed by atoms with Gasteiger partial charge in [0.2, 0.25) is 0 Å². The molecule has 1 saturated heterocycles. The van der Waals surface area contributed by atoms with Gasteiger partial charge in [0, 0.05) is 54.5 Å². The molecule has 0 amide bonds. The SMILES string of the molecule is COCCCOc1cc2c(cc1-c1cccc(Cl)c1)-c1cc(=O)c(C(=O)O)cn1C1[C@@H]2COC1(C)C. The smallest absolute Gasteiger partial charge is 0.341 e. The van der Waals surface area contributed by atoms with E-state index in [1.54, 1.807) is 7.11 Å². The second-order valence-corrected chi connectivity index (χ2v) is 10.2. The van der Waals surface area contributed by atoms with Crippen LogP contribution >= 0.6 is 11.6 Å². The summed E-state index contributed by atoms with van der Waals surface area (Å²) < 4.78 is 19.5. The Morgan fingerprint density at radius 1 is 1.19 bits per heavy atom. The van der Waals surface area contributed by atoms with Gasteiger partial charge in [-0.2, -0.15) is 0 Å². The lowest BCUT2D eigenvalue weighted by Gasteiger charge is -2.38. The summed E-state index contributed by atoms with van der Waals surface area (Å²) in [6.45, 7) is 5.53. The fourth-order valence-corrected chi connectivity index (χ4v) is 5.61. The van der Waals surface area contributed by atoms with Gasteiger partial charge in [-0.05, 0) is 49.2 Å². The van der Waals surface area contributed by atoms with Gasteiger partial charge in [0.1, 0.15) is 11.3 Å². The minimum atomic E-state index is -1.24. The molecule has 0 radical (unpaired) electrons. The first-order chi connectivity index (χ1) is 17.2. The van der Waals surface area contributed by atoms with Crippen LogP contribution in [0.4, 0.5) is 0 Å². The van der Waals surface area contributed by atoms with Crippen LogP contribution in [0.1, 0.15) is 48.1 Å². The lowest BCUT2D eigenvalue weighted by atomic mass is 9.78. The van der Waals surface area contributed by atoms with Crippen LogP contribution in [0.5, 0.6) is 5.75 Å². The van der Waals surface area contributed by atoms with Crippen LogP contribution in [0.15, 0.2) is 53.5 Å². The maximum atomic E-state index is 12.8. The molecule has 188 valence electrons. The highest BCUT2D eigenvalue weighted by Crippen LogP contribution is 2.54. The molecule has 8 heteroatoms. The Hall–Kier alpha value is -3.13. The van der Waals surface area contributed by atoms with Crippen LogP contribution in [-0.2, 0) is 9.47 Å². The average Bonchev–Trinajstić information content (AvgIpc) is 3.16. The van der Waals surface area contributed by atoms with Crippen LogP contribution in [-0.4, -0.2) is 48.2 Å². The molecule has 1 N–H and O–H groups in total. The number of aromatic carboxylic acids is 1. The molecule has 7 nitrogen and oxygen atoms in total. The van der Waals surface area contributed by atoms with Gasteiger partial charge in [-0.15, -0.1) is 0 Å². The Labute approximate surface area is 214 Å². The number of carbonyl (C=O) groups is 1. The summed E-state index contributed by atoms with van der Waals surface area (Å²) in [5.41, 5.74) is 2.91. The van der Waals surface area contributed by atoms with Gasteiger partial charge in [-0.25, -0.2) is 4.79 Å². The van der Waals surface area contributed by atoms with Gasteiger partial charge in [-0.3, -0.25) is 4.79 Å². The Morgan fingerprint density at radius 2 is 2.00 bits per heavy atom. The highest BCUT2D eigenvalue weighted by atomic mass is 35.5. The number of nitrogens with zero attached hydrogens (tertiary/aromatic N) is 1. The lowest BCUT2D eigenvalue weighted by Crippen LogP contribution is -2.36. The summed E-state index contributed by atoms with van der Waals surface area (Å²) in [5.74, 6) is -0.566. The van der Waals surface area contributed by atoms with Crippen molar-refractivity contribution in [2.24, 2.45) is 0 Å². The Morgan fingerprint density at radius 3 is 2.72 bits per heavy atom. The maximum absolute atomic E-state index is 12.8. The molecular weight excluding hydrogens is 482 g/mol. The van der Waals surface area contributed by atoms with Crippen LogP contribution in [0.25, 0.3) is 22.4 Å². The van der Waals surface area contributed by atoms with Crippen molar-refractivity contribution < 1.29 is 24.1 Å². The van der Waals surface area contributed by atoms with E-state index in [2.05, 4.69) is 0 Å². The highest BCUT2D eigenvalue weighted by molar-refractivity contribution is 6.30. The summed E-state index contributed by atoms with van der Waals surface area (Å²) in [6, 6.07) is 12.8. The standard InChI is InChI=1S/C28H28ClNO6/c1-28(2)26-22(15-36-28)19-12-25(35-9-5-8-34-3)18(16-6-4-7-17(29)10-16)11-20(19)23-13-24(31)21(27(32)33)14-30(23)26/h4,6-7,10-14,22,26H,5,8-9,15H2,1-3H3,(H,32,33)/t22-,26?/m1/s1. The summed E-state index contributed by atoms with van der Waals surface area (Å²) in [7, 11) is 1.66. The van der Waals surface area contributed by atoms with Gasteiger partial charge in [0.25, 0.3) is 0 Å². The molecule has 2 aliphatic rings. The van der Waals surface area contributed by atoms with E-state index in [1.807, 2.05) is 54.8 Å². The van der Waals surface area contributed by atoms with Crippen molar-refractivity contribution in [1.82, 2.24) is 4.57 Å². The third-order valence-electron chi connectivity index (χ3n) is 7.05. The largest absolute Gasteiger partial charge is 0.493 e. The van der Waals surface area contributed by atoms with Crippen molar-refractivity contribution in [1.29, 1.82) is 0 Å². The number of hydrogen-bond donors (Lipinski definition) is 1. The van der Waals surface area contributed by atoms with Crippen LogP contribution in [0.2, 0.25) is 5.02 Å². The first-order valence-electron chi connectivity index (χ1n) is 11.9. The summed E-state index contributed by atoms with van der Waals surface area (Å²) in [4.78, 5) is 24.6. The van der Waals surface area contributed by atoms with E-state index in [-0.39, 0.29) is 17.5 Å². The number of hydrogen-bond acceptors (Lipinski definition) is 5. The Bertz CT molecular complexity index is 1400. The lowest BCUT2D eigenvalue weighted by molar-refractivity contribution is 0.0145. The van der Waals surface area contributed by atoms with Crippen molar-refractivity contribution >= 4 is 17.6 Å². The van der Waals surface area contributed by atoms with Crippen LogP contribution in [0.3, 0.4) is 0 Å². The number of ether oxygens (including phenoxy) is 3. The number of pyridine rings is 1. The molecule has 0 spiro atoms. The predicted octanol–water partition coefficient (Wildman–Crippen LogP) is 5.40. The highest BCUT2D eigenvalue weighted by Gasteiger charge is 2.49. The molecule has 2 atom stereocenters. The van der Waals surface area contributed by atoms with Crippen molar-refractivity contribution in [2.75, 3.05) is 26.9 Å². The number of methoxy groups -OCH3 is 1. The summed E-state index contributed by atoms with van der Waals surface area (Å²) in [5, 5.41) is 10.2. The average molecular weight is 510 g/mol. The molecule has 1 aromatic heterocycles. The van der Waals surface area contributed by atoms with Gasteiger partial charge in [0.05, 0.1) is 30.6 Å². The van der Waals surface area contributed by atoms with E-state index < -0.39 is 17.0 Å². The number of benzene rings is 2. The van der Waals surface area contributed by atoms with E-state index in [1.165, 1.54) is 12.3 Å². The quantitative estimate of drug-likeness (QED) is 0.429. The van der Waals surface area contributed by atoms with E-state index in [0.29, 0.717) is 36.3 Å². The molecule has 3 heterocycles. The van der Waals surface area contributed by atoms with Gasteiger partial charge in [0.15, 0.2) is 5.43 Å². The third kappa shape index (κ3) is 4.21. The Balaban J connectivity index is 1.74. The number of aromatic nitrogens is 1. The molecule has 5 rings (SSSR count). The fourth-order valence-electron chi connectivity index (χ4n) is 5.42. The van der Waals surface area contributed by atoms with Gasteiger partial charge in [-0.1, -0.05) is 23.7 Å². The predicted molar refractivity (Wildman–Crippen MR) is 137 cm³/mol. The van der Waals surface area contributed by atoms with Crippen LogP contribution < -0.4 is 10.2 Å². The van der Waals surface area contributed by atoms with Gasteiger partial charge >= 0.3 is 5.97 Å². The maximum Gasteiger partial charge on any atom is 0.341 e. The topological polar surface area (TPSA) is 87.0 Å². The molecule has 2 aromatic carbocycles. The zero-order chi connectivity index (χ0) is 25.6. The molecule has 36 heavy (non-hydrogen) atoms. The number of carboxylic acid groups (broad SMARTS) is 1. The molecule has 0 aliphatic carbocycles. The Kier molecular flexibility index (Phi) is 6.41. The van der Waals surface area contributed by atoms with Crippen molar-refractivity contribution in [3.05, 3.63) is 75.0 Å². The zero-order valence-electron chi connectivity index (χ0n) is 20.4. The minimum Gasteiger partial charge on any atom is -0.493 e. The van der Waals surface area contributed by atoms with E-state index in [0.717, 1.165) is 28.7 Å². The van der Waals surface area contributed by atoms with Crippen LogP contribution in [0, 0.1) is 0 Å². The zero-order valence-corrected chi connectivity index (χ0v) is 21.2. The molecular formula is C28H28ClNO6. The summed E-state index contributed by atoms with van der Waals surface area (Å²) in [6.07, 6.45) is 2.20. The number of halogens is 1. The van der Waals surface area contributed by atoms with Crippen molar-refractivity contribution in [2.45, 2.75) is 37.8 Å². The second-order valence-electron chi connectivity index (χ2n) is 9.76. The van der Waals surface area contributed by atoms with Crippen molar-refractivity contribution in [3.63, 3.8) is 0 Å². The van der Waals surface area contributed by atoms with E-state index >= 15 is 0 Å². The number of fused-ring (bicyclic) bond motifs is 6. The van der Waals surface area contributed by atoms with E-state index in [9.17, 15) is 14.7 Å². The first-order valence-corrected chi connectivity index (χ1v) is 12.3. The molecule has 1 unspecified atom stereocenters. The molecule has 0 bridgehead atoms. The minimum absolute atomic E-state index is 0.0404. The number of rotatable bonds is 7. The normalized spacial score (nSPS) is 19.3. The molecule has 0 saturated carbocycles. The second kappa shape index (κ2) is 9.39. The van der Waals surface area contributed by atoms with E-state index in [4.69, 9.17) is 25.8 Å². The molecule has 2 aliphatic heterocycles.